The topological polar surface area (TPSA) is 20.2 Å². The number of benzene rings is 3. The maximum Gasteiger partial charge on any atom is 0.123 e. The molecule has 24 heavy (non-hydrogen) atoms. The summed E-state index contributed by atoms with van der Waals surface area (Å²) in [7, 11) is 0. The normalized spacial score (nSPS) is 12.0. The molecule has 3 aromatic carbocycles. The van der Waals surface area contributed by atoms with Gasteiger partial charge in [0.05, 0.1) is 0 Å². The first-order valence-electron chi connectivity index (χ1n) is 8.34. The Morgan fingerprint density at radius 1 is 0.958 bits per heavy atom. The van der Waals surface area contributed by atoms with Crippen molar-refractivity contribution in [1.82, 2.24) is 0 Å². The second-order valence-electron chi connectivity index (χ2n) is 6.38. The highest BCUT2D eigenvalue weighted by Crippen LogP contribution is 2.46. The highest BCUT2D eigenvalue weighted by Gasteiger charge is 2.24. The number of rotatable bonds is 4. The maximum atomic E-state index is 10.6. The molecule has 0 fully saturated rings. The first-order chi connectivity index (χ1) is 11.7. The Hall–Kier alpha value is -2.80. The van der Waals surface area contributed by atoms with Crippen molar-refractivity contribution in [3.8, 4) is 16.9 Å². The summed E-state index contributed by atoms with van der Waals surface area (Å²) in [5, 5.41) is 12.7. The van der Waals surface area contributed by atoms with Crippen molar-refractivity contribution in [2.75, 3.05) is 0 Å². The molecule has 0 saturated heterocycles. The van der Waals surface area contributed by atoms with Gasteiger partial charge in [0.2, 0.25) is 0 Å². The lowest BCUT2D eigenvalue weighted by atomic mass is 9.88. The first-order valence-corrected chi connectivity index (χ1v) is 8.34. The summed E-state index contributed by atoms with van der Waals surface area (Å²) < 4.78 is 0. The van der Waals surface area contributed by atoms with E-state index in [1.54, 1.807) is 0 Å². The molecule has 1 heteroatoms. The minimum absolute atomic E-state index is 0.368. The summed E-state index contributed by atoms with van der Waals surface area (Å²) in [4.78, 5) is 0. The summed E-state index contributed by atoms with van der Waals surface area (Å²) in [5.74, 6) is 0.368. The summed E-state index contributed by atoms with van der Waals surface area (Å²) in [6.07, 6.45) is 6.38. The predicted octanol–water partition coefficient (Wildman–Crippen LogP) is 5.57. The molecule has 0 bridgehead atoms. The van der Waals surface area contributed by atoms with E-state index in [9.17, 15) is 5.11 Å². The fourth-order valence-electron chi connectivity index (χ4n) is 3.96. The molecule has 0 aliphatic heterocycles. The van der Waals surface area contributed by atoms with E-state index in [2.05, 4.69) is 43.5 Å². The zero-order valence-corrected chi connectivity index (χ0v) is 13.7. The minimum Gasteiger partial charge on any atom is -0.507 e. The lowest BCUT2D eigenvalue weighted by Gasteiger charge is -2.16. The van der Waals surface area contributed by atoms with Gasteiger partial charge >= 0.3 is 0 Å². The molecule has 0 spiro atoms. The van der Waals surface area contributed by atoms with E-state index in [4.69, 9.17) is 0 Å². The molecule has 4 rings (SSSR count). The maximum absolute atomic E-state index is 10.6. The Morgan fingerprint density at radius 2 is 1.75 bits per heavy atom. The molecule has 0 radical (unpaired) electrons. The van der Waals surface area contributed by atoms with Crippen molar-refractivity contribution in [3.63, 3.8) is 0 Å². The molecule has 0 saturated carbocycles. The lowest BCUT2D eigenvalue weighted by Crippen LogP contribution is -1.96. The van der Waals surface area contributed by atoms with Gasteiger partial charge in [0, 0.05) is 5.39 Å². The number of aromatic hydroxyl groups is 1. The molecule has 1 aliphatic rings. The van der Waals surface area contributed by atoms with Crippen molar-refractivity contribution in [2.24, 2.45) is 0 Å². The van der Waals surface area contributed by atoms with Crippen molar-refractivity contribution in [2.45, 2.75) is 19.3 Å². The van der Waals surface area contributed by atoms with Gasteiger partial charge in [-0.2, -0.15) is 0 Å². The third-order valence-corrected chi connectivity index (χ3v) is 4.95. The summed E-state index contributed by atoms with van der Waals surface area (Å²) in [6, 6.07) is 14.6. The second kappa shape index (κ2) is 5.68. The summed E-state index contributed by atoms with van der Waals surface area (Å²) >= 11 is 0. The predicted molar refractivity (Wildman–Crippen MR) is 102 cm³/mol. The van der Waals surface area contributed by atoms with Crippen LogP contribution in [0.3, 0.4) is 0 Å². The summed E-state index contributed by atoms with van der Waals surface area (Å²) in [6.45, 7) is 7.82. The number of phenols is 1. The Morgan fingerprint density at radius 3 is 2.54 bits per heavy atom. The molecule has 0 amide bonds. The van der Waals surface area contributed by atoms with Gasteiger partial charge in [-0.05, 0) is 64.1 Å². The fraction of sp³-hybridized carbons (Fsp3) is 0.130. The van der Waals surface area contributed by atoms with E-state index in [-0.39, 0.29) is 0 Å². The van der Waals surface area contributed by atoms with Crippen molar-refractivity contribution in [1.29, 1.82) is 0 Å². The molecule has 0 atom stereocenters. The Balaban J connectivity index is 2.15. The second-order valence-corrected chi connectivity index (χ2v) is 6.38. The van der Waals surface area contributed by atoms with Gasteiger partial charge in [0.25, 0.3) is 0 Å². The minimum atomic E-state index is 0.368. The van der Waals surface area contributed by atoms with Crippen LogP contribution in [0.25, 0.3) is 21.9 Å². The van der Waals surface area contributed by atoms with Gasteiger partial charge in [0.15, 0.2) is 0 Å². The molecule has 118 valence electrons. The van der Waals surface area contributed by atoms with Gasteiger partial charge < -0.3 is 5.11 Å². The lowest BCUT2D eigenvalue weighted by molar-refractivity contribution is 0.481. The highest BCUT2D eigenvalue weighted by atomic mass is 16.3. The van der Waals surface area contributed by atoms with Gasteiger partial charge in [0.1, 0.15) is 5.75 Å². The number of phenolic OH excluding ortho intramolecular Hbond substituents is 1. The number of hydrogen-bond acceptors (Lipinski definition) is 1. The average Bonchev–Trinajstić information content (AvgIpc) is 2.95. The van der Waals surface area contributed by atoms with Crippen LogP contribution in [-0.4, -0.2) is 5.11 Å². The van der Waals surface area contributed by atoms with E-state index in [0.717, 1.165) is 24.6 Å². The van der Waals surface area contributed by atoms with Gasteiger partial charge in [-0.15, -0.1) is 13.2 Å². The third-order valence-electron chi connectivity index (χ3n) is 4.95. The van der Waals surface area contributed by atoms with E-state index in [1.807, 2.05) is 24.3 Å². The van der Waals surface area contributed by atoms with Crippen LogP contribution in [0.1, 0.15) is 22.3 Å². The van der Waals surface area contributed by atoms with Crippen LogP contribution in [0, 0.1) is 0 Å². The van der Waals surface area contributed by atoms with E-state index < -0.39 is 0 Å². The Labute approximate surface area is 142 Å². The van der Waals surface area contributed by atoms with Crippen LogP contribution < -0.4 is 0 Å². The molecule has 3 aromatic rings. The molecule has 0 unspecified atom stereocenters. The van der Waals surface area contributed by atoms with Crippen LogP contribution in [0.5, 0.6) is 5.75 Å². The monoisotopic (exact) mass is 312 g/mol. The molecule has 1 nitrogen and oxygen atoms in total. The van der Waals surface area contributed by atoms with Gasteiger partial charge in [-0.3, -0.25) is 0 Å². The Kier molecular flexibility index (Phi) is 3.50. The fourth-order valence-corrected chi connectivity index (χ4v) is 3.96. The van der Waals surface area contributed by atoms with Gasteiger partial charge in [-0.25, -0.2) is 0 Å². The van der Waals surface area contributed by atoms with Gasteiger partial charge in [-0.1, -0.05) is 48.6 Å². The van der Waals surface area contributed by atoms with Crippen molar-refractivity contribution < 1.29 is 5.11 Å². The zero-order chi connectivity index (χ0) is 16.7. The molecule has 0 heterocycles. The van der Waals surface area contributed by atoms with Crippen molar-refractivity contribution in [3.05, 3.63) is 90.0 Å². The molecular formula is C23H20O. The van der Waals surface area contributed by atoms with Crippen LogP contribution in [-0.2, 0) is 19.3 Å². The van der Waals surface area contributed by atoms with E-state index in [1.165, 1.54) is 38.8 Å². The standard InChI is InChI=1S/C23H20O/c1-3-7-15-11-12-20-21(24)14-17-13-16-9-5-6-10-19(16)22(17)23(20)18(15)8-4-2/h3-6,9-12,14,24H,1-2,7-8,13H2. The number of allylic oxidation sites excluding steroid dienone is 2. The van der Waals surface area contributed by atoms with E-state index in [0.29, 0.717) is 5.75 Å². The quantitative estimate of drug-likeness (QED) is 0.488. The molecule has 1 aliphatic carbocycles. The van der Waals surface area contributed by atoms with Crippen molar-refractivity contribution >= 4 is 10.8 Å². The SMILES string of the molecule is C=CCc1ccc2c(O)cc3c(c2c1CC=C)-c1ccccc1C3. The summed E-state index contributed by atoms with van der Waals surface area (Å²) in [5.41, 5.74) is 7.63. The molecular weight excluding hydrogens is 292 g/mol. The zero-order valence-electron chi connectivity index (χ0n) is 13.7. The third kappa shape index (κ3) is 2.09. The molecule has 0 aromatic heterocycles. The van der Waals surface area contributed by atoms with Crippen LogP contribution in [0.15, 0.2) is 67.8 Å². The highest BCUT2D eigenvalue weighted by molar-refractivity contribution is 6.06. The number of fused-ring (bicyclic) bond motifs is 5. The van der Waals surface area contributed by atoms with Crippen LogP contribution >= 0.6 is 0 Å². The smallest absolute Gasteiger partial charge is 0.123 e. The van der Waals surface area contributed by atoms with Crippen LogP contribution in [0.4, 0.5) is 0 Å². The van der Waals surface area contributed by atoms with E-state index >= 15 is 0 Å². The largest absolute Gasteiger partial charge is 0.507 e. The first kappa shape index (κ1) is 14.8. The Bertz CT molecular complexity index is 979. The molecule has 1 N–H and O–H groups in total. The average molecular weight is 312 g/mol. The van der Waals surface area contributed by atoms with Crippen LogP contribution in [0.2, 0.25) is 0 Å². The number of hydrogen-bond donors (Lipinski definition) is 1.